The molecule has 2 aromatic carbocycles. The Morgan fingerprint density at radius 1 is 1.41 bits per heavy atom. The fourth-order valence-electron chi connectivity index (χ4n) is 3.74. The lowest BCUT2D eigenvalue weighted by Crippen LogP contribution is -2.19. The van der Waals surface area contributed by atoms with Gasteiger partial charge in [0.2, 0.25) is 0 Å². The lowest BCUT2D eigenvalue weighted by atomic mass is 9.80. The molecule has 2 atom stereocenters. The number of hydrogen-bond acceptors (Lipinski definition) is 4. The van der Waals surface area contributed by atoms with E-state index in [-0.39, 0.29) is 29.2 Å². The molecule has 6 heteroatoms. The predicted octanol–water partition coefficient (Wildman–Crippen LogP) is 5.59. The average molecular weight is 408 g/mol. The van der Waals surface area contributed by atoms with E-state index in [1.807, 2.05) is 6.07 Å². The molecular formula is C21H23ClFNO2S. The van der Waals surface area contributed by atoms with Crippen LogP contribution in [-0.4, -0.2) is 25.4 Å². The Morgan fingerprint density at radius 3 is 2.93 bits per heavy atom. The number of carbonyl (C=O) groups is 1. The van der Waals surface area contributed by atoms with Crippen LogP contribution in [0.1, 0.15) is 41.9 Å². The van der Waals surface area contributed by atoms with Gasteiger partial charge in [-0.3, -0.25) is 4.79 Å². The first kappa shape index (κ1) is 20.0. The van der Waals surface area contributed by atoms with Crippen molar-refractivity contribution in [1.82, 2.24) is 0 Å². The second kappa shape index (κ2) is 8.98. The number of rotatable bonds is 7. The summed E-state index contributed by atoms with van der Waals surface area (Å²) in [6.07, 6.45) is 2.28. The summed E-state index contributed by atoms with van der Waals surface area (Å²) < 4.78 is 19.3. The molecule has 1 heterocycles. The molecule has 0 aromatic heterocycles. The molecule has 2 aromatic rings. The van der Waals surface area contributed by atoms with Crippen LogP contribution in [0.25, 0.3) is 0 Å². The van der Waals surface area contributed by atoms with Crippen molar-refractivity contribution in [2.24, 2.45) is 0 Å². The summed E-state index contributed by atoms with van der Waals surface area (Å²) in [6.45, 7) is 2.82. The van der Waals surface area contributed by atoms with Gasteiger partial charge in [0.1, 0.15) is 5.82 Å². The van der Waals surface area contributed by atoms with Gasteiger partial charge in [0.25, 0.3) is 0 Å². The molecule has 27 heavy (non-hydrogen) atoms. The average Bonchev–Trinajstić information content (AvgIpc) is 3.07. The molecule has 0 fully saturated rings. The minimum absolute atomic E-state index is 0.0618. The molecule has 0 saturated heterocycles. The number of carbonyl (C=O) groups excluding carboxylic acids is 1. The van der Waals surface area contributed by atoms with Crippen molar-refractivity contribution in [2.75, 3.05) is 24.7 Å². The highest BCUT2D eigenvalue weighted by Gasteiger charge is 2.34. The molecule has 0 radical (unpaired) electrons. The van der Waals surface area contributed by atoms with Crippen LogP contribution in [0, 0.1) is 5.82 Å². The van der Waals surface area contributed by atoms with E-state index in [0.29, 0.717) is 13.2 Å². The first-order valence-corrected chi connectivity index (χ1v) is 10.8. The van der Waals surface area contributed by atoms with Crippen LogP contribution in [0.4, 0.5) is 10.1 Å². The number of benzene rings is 2. The van der Waals surface area contributed by atoms with Gasteiger partial charge in [-0.2, -0.15) is 11.8 Å². The Hall–Kier alpha value is -1.72. The number of fused-ring (bicyclic) bond motifs is 1. The van der Waals surface area contributed by atoms with E-state index < -0.39 is 5.82 Å². The van der Waals surface area contributed by atoms with Crippen LogP contribution in [0.5, 0.6) is 0 Å². The molecule has 0 bridgehead atoms. The van der Waals surface area contributed by atoms with E-state index in [0.717, 1.165) is 17.0 Å². The van der Waals surface area contributed by atoms with E-state index in [4.69, 9.17) is 16.3 Å². The first-order chi connectivity index (χ1) is 13.0. The van der Waals surface area contributed by atoms with Crippen LogP contribution in [-0.2, 0) is 15.3 Å². The van der Waals surface area contributed by atoms with E-state index >= 15 is 0 Å². The standard InChI is InChI=1S/C21H23ClFNO2S/c1-3-26-20(25)10-16(13-7-8-18(22)19(23)9-13)17-11-24-21-14(12-27-2)5-4-6-15(17)21/h4-9,16-17,24H,3,10-12H2,1-2H3. The van der Waals surface area contributed by atoms with Gasteiger partial charge in [-0.05, 0) is 42.0 Å². The number of halogens is 2. The molecular weight excluding hydrogens is 385 g/mol. The fraction of sp³-hybridized carbons (Fsp3) is 0.381. The Morgan fingerprint density at radius 2 is 2.22 bits per heavy atom. The molecule has 1 N–H and O–H groups in total. The van der Waals surface area contributed by atoms with Crippen molar-refractivity contribution in [3.05, 3.63) is 63.9 Å². The van der Waals surface area contributed by atoms with Gasteiger partial charge in [0.05, 0.1) is 18.1 Å². The highest BCUT2D eigenvalue weighted by Crippen LogP contribution is 2.45. The van der Waals surface area contributed by atoms with Gasteiger partial charge in [-0.15, -0.1) is 0 Å². The zero-order valence-electron chi connectivity index (χ0n) is 15.4. The summed E-state index contributed by atoms with van der Waals surface area (Å²) in [4.78, 5) is 12.3. The minimum atomic E-state index is -0.467. The fourth-order valence-corrected chi connectivity index (χ4v) is 4.41. The summed E-state index contributed by atoms with van der Waals surface area (Å²) in [5.41, 5.74) is 4.32. The number of para-hydroxylation sites is 1. The van der Waals surface area contributed by atoms with Gasteiger partial charge in [-0.1, -0.05) is 35.9 Å². The Bertz CT molecular complexity index is 830. The van der Waals surface area contributed by atoms with Crippen molar-refractivity contribution >= 4 is 35.0 Å². The van der Waals surface area contributed by atoms with Crippen LogP contribution >= 0.6 is 23.4 Å². The third-order valence-electron chi connectivity index (χ3n) is 4.93. The second-order valence-electron chi connectivity index (χ2n) is 6.59. The summed E-state index contributed by atoms with van der Waals surface area (Å²) in [6, 6.07) is 11.1. The largest absolute Gasteiger partial charge is 0.466 e. The predicted molar refractivity (Wildman–Crippen MR) is 110 cm³/mol. The highest BCUT2D eigenvalue weighted by atomic mass is 35.5. The SMILES string of the molecule is CCOC(=O)CC(c1ccc(Cl)c(F)c1)C1CNc2c(CSC)cccc21. The molecule has 0 spiro atoms. The maximum Gasteiger partial charge on any atom is 0.306 e. The highest BCUT2D eigenvalue weighted by molar-refractivity contribution is 7.97. The van der Waals surface area contributed by atoms with Crippen LogP contribution < -0.4 is 5.32 Å². The summed E-state index contributed by atoms with van der Waals surface area (Å²) in [5.74, 6) is 0.0545. The minimum Gasteiger partial charge on any atom is -0.466 e. The van der Waals surface area contributed by atoms with Gasteiger partial charge in [0.15, 0.2) is 0 Å². The normalized spacial score (nSPS) is 16.5. The monoisotopic (exact) mass is 407 g/mol. The number of hydrogen-bond donors (Lipinski definition) is 1. The molecule has 3 rings (SSSR count). The molecule has 0 aliphatic carbocycles. The first-order valence-electron chi connectivity index (χ1n) is 9.00. The number of esters is 1. The Labute approximate surface area is 168 Å². The summed E-state index contributed by atoms with van der Waals surface area (Å²) >= 11 is 7.62. The number of ether oxygens (including phenoxy) is 1. The third-order valence-corrected chi connectivity index (χ3v) is 5.84. The van der Waals surface area contributed by atoms with Gasteiger partial charge in [-0.25, -0.2) is 4.39 Å². The van der Waals surface area contributed by atoms with Crippen molar-refractivity contribution in [3.63, 3.8) is 0 Å². The number of anilines is 1. The van der Waals surface area contributed by atoms with E-state index in [9.17, 15) is 9.18 Å². The lowest BCUT2D eigenvalue weighted by Gasteiger charge is -2.24. The molecule has 3 nitrogen and oxygen atoms in total. The smallest absolute Gasteiger partial charge is 0.306 e. The van der Waals surface area contributed by atoms with Crippen molar-refractivity contribution < 1.29 is 13.9 Å². The Balaban J connectivity index is 1.98. The summed E-state index contributed by atoms with van der Waals surface area (Å²) in [5, 5.41) is 3.58. The molecule has 0 saturated carbocycles. The lowest BCUT2D eigenvalue weighted by molar-refractivity contribution is -0.143. The van der Waals surface area contributed by atoms with Gasteiger partial charge < -0.3 is 10.1 Å². The molecule has 2 unspecified atom stereocenters. The maximum atomic E-state index is 14.1. The van der Waals surface area contributed by atoms with E-state index in [1.165, 1.54) is 17.2 Å². The molecule has 1 aliphatic rings. The van der Waals surface area contributed by atoms with E-state index in [1.54, 1.807) is 30.8 Å². The maximum absolute atomic E-state index is 14.1. The quantitative estimate of drug-likeness (QED) is 0.607. The van der Waals surface area contributed by atoms with Crippen molar-refractivity contribution in [3.8, 4) is 0 Å². The zero-order chi connectivity index (χ0) is 19.4. The van der Waals surface area contributed by atoms with Gasteiger partial charge >= 0.3 is 5.97 Å². The van der Waals surface area contributed by atoms with Crippen molar-refractivity contribution in [1.29, 1.82) is 0 Å². The molecule has 0 amide bonds. The van der Waals surface area contributed by atoms with Crippen LogP contribution in [0.3, 0.4) is 0 Å². The topological polar surface area (TPSA) is 38.3 Å². The number of thioether (sulfide) groups is 1. The van der Waals surface area contributed by atoms with Crippen LogP contribution in [0.2, 0.25) is 5.02 Å². The molecule has 144 valence electrons. The van der Waals surface area contributed by atoms with Crippen molar-refractivity contribution in [2.45, 2.75) is 30.9 Å². The molecule has 1 aliphatic heterocycles. The van der Waals surface area contributed by atoms with Crippen LogP contribution in [0.15, 0.2) is 36.4 Å². The summed E-state index contributed by atoms with van der Waals surface area (Å²) in [7, 11) is 0. The Kier molecular flexibility index (Phi) is 6.66. The third kappa shape index (κ3) is 4.41. The second-order valence-corrected chi connectivity index (χ2v) is 7.86. The van der Waals surface area contributed by atoms with Gasteiger partial charge in [0, 0.05) is 29.8 Å². The zero-order valence-corrected chi connectivity index (χ0v) is 17.0. The van der Waals surface area contributed by atoms with E-state index in [2.05, 4.69) is 23.7 Å². The number of nitrogens with one attached hydrogen (secondary N) is 1.